The minimum atomic E-state index is 0.473. The first-order valence-corrected chi connectivity index (χ1v) is 14.7. The van der Waals surface area contributed by atoms with Crippen molar-refractivity contribution >= 4 is 5.71 Å². The maximum atomic E-state index is 5.23. The highest BCUT2D eigenvalue weighted by Crippen LogP contribution is 2.66. The van der Waals surface area contributed by atoms with Gasteiger partial charge >= 0.3 is 0 Å². The highest BCUT2D eigenvalue weighted by atomic mass is 15.0. The van der Waals surface area contributed by atoms with E-state index in [1.165, 1.54) is 76.5 Å². The molecule has 10 atom stereocenters. The Bertz CT molecular complexity index is 782. The number of nitrogens with one attached hydrogen (secondary N) is 1. The number of aliphatic imine (C=N–C) groups is 1. The van der Waals surface area contributed by atoms with Crippen LogP contribution in [0.4, 0.5) is 0 Å². The van der Waals surface area contributed by atoms with Crippen molar-refractivity contribution in [3.8, 4) is 0 Å². The third kappa shape index (κ3) is 3.99. The Kier molecular flexibility index (Phi) is 6.64. The monoisotopic (exact) mass is 452 g/mol. The lowest BCUT2D eigenvalue weighted by Gasteiger charge is -2.56. The third-order valence-electron chi connectivity index (χ3n) is 12.2. The SMILES string of the molecule is CC(=NCCC1NCCC1C)C1CCC2C3CCC=C4C(C)C(C)CCC4(C)C3CCC12C. The second-order valence-electron chi connectivity index (χ2n) is 13.6. The average Bonchev–Trinajstić information content (AvgIpc) is 3.31. The minimum absolute atomic E-state index is 0.473. The standard InChI is InChI=1S/C31H52N2/c1-20-12-16-30(5)25(22(20)3)9-7-8-24-27-11-10-26(31(27,6)17-13-28(24)30)23(4)32-19-15-29-21(2)14-18-33-29/h9,20-22,24,26-29,33H,7-8,10-19H2,1-6H3. The molecule has 0 amide bonds. The Balaban J connectivity index is 1.31. The van der Waals surface area contributed by atoms with Gasteiger partial charge in [0.15, 0.2) is 0 Å². The van der Waals surface area contributed by atoms with Crippen molar-refractivity contribution in [2.24, 2.45) is 57.2 Å². The molecule has 0 spiro atoms. The number of hydrogen-bond donors (Lipinski definition) is 1. The molecular formula is C31H52N2. The van der Waals surface area contributed by atoms with E-state index in [-0.39, 0.29) is 0 Å². The van der Waals surface area contributed by atoms with E-state index in [9.17, 15) is 0 Å². The van der Waals surface area contributed by atoms with Crippen molar-refractivity contribution in [2.45, 2.75) is 112 Å². The van der Waals surface area contributed by atoms with Gasteiger partial charge in [-0.25, -0.2) is 0 Å². The first-order valence-electron chi connectivity index (χ1n) is 14.7. The summed E-state index contributed by atoms with van der Waals surface area (Å²) in [6, 6.07) is 0.693. The molecule has 0 aromatic carbocycles. The van der Waals surface area contributed by atoms with E-state index in [0.29, 0.717) is 16.9 Å². The molecule has 1 saturated heterocycles. The fourth-order valence-corrected chi connectivity index (χ4v) is 9.94. The summed E-state index contributed by atoms with van der Waals surface area (Å²) >= 11 is 0. The zero-order valence-electron chi connectivity index (χ0n) is 22.6. The number of rotatable bonds is 4. The van der Waals surface area contributed by atoms with Gasteiger partial charge in [-0.05, 0) is 124 Å². The van der Waals surface area contributed by atoms with Gasteiger partial charge in [0.05, 0.1) is 0 Å². The first-order chi connectivity index (χ1) is 15.8. The second kappa shape index (κ2) is 9.11. The van der Waals surface area contributed by atoms with Crippen LogP contribution in [0.1, 0.15) is 106 Å². The highest BCUT2D eigenvalue weighted by Gasteiger charge is 2.58. The van der Waals surface area contributed by atoms with Gasteiger partial charge in [0.2, 0.25) is 0 Å². The average molecular weight is 453 g/mol. The topological polar surface area (TPSA) is 24.4 Å². The molecule has 0 bridgehead atoms. The molecule has 4 aliphatic carbocycles. The Morgan fingerprint density at radius 2 is 1.79 bits per heavy atom. The molecule has 10 unspecified atom stereocenters. The summed E-state index contributed by atoms with van der Waals surface area (Å²) in [5, 5.41) is 3.70. The molecule has 1 N–H and O–H groups in total. The molecule has 2 nitrogen and oxygen atoms in total. The highest BCUT2D eigenvalue weighted by molar-refractivity contribution is 5.85. The molecule has 3 saturated carbocycles. The van der Waals surface area contributed by atoms with E-state index in [2.05, 4.69) is 52.9 Å². The lowest BCUT2D eigenvalue weighted by atomic mass is 9.48. The van der Waals surface area contributed by atoms with Crippen molar-refractivity contribution in [3.63, 3.8) is 0 Å². The fraction of sp³-hybridized carbons (Fsp3) is 0.903. The molecule has 0 aromatic heterocycles. The second-order valence-corrected chi connectivity index (χ2v) is 13.6. The van der Waals surface area contributed by atoms with E-state index in [1.54, 1.807) is 0 Å². The van der Waals surface area contributed by atoms with Crippen molar-refractivity contribution in [1.82, 2.24) is 5.32 Å². The van der Waals surface area contributed by atoms with Crippen LogP contribution in [-0.4, -0.2) is 24.8 Å². The van der Waals surface area contributed by atoms with Gasteiger partial charge < -0.3 is 5.32 Å². The predicted octanol–water partition coefficient (Wildman–Crippen LogP) is 7.69. The van der Waals surface area contributed by atoms with E-state index in [0.717, 1.165) is 48.0 Å². The number of allylic oxidation sites excluding steroid dienone is 2. The van der Waals surface area contributed by atoms with E-state index < -0.39 is 0 Å². The summed E-state index contributed by atoms with van der Waals surface area (Å²) in [6.07, 6.45) is 16.7. The summed E-state index contributed by atoms with van der Waals surface area (Å²) in [5.74, 6) is 5.98. The molecular weight excluding hydrogens is 400 g/mol. The Hall–Kier alpha value is -0.630. The maximum absolute atomic E-state index is 5.23. The van der Waals surface area contributed by atoms with Gasteiger partial charge in [-0.1, -0.05) is 46.3 Å². The third-order valence-corrected chi connectivity index (χ3v) is 12.2. The molecule has 5 aliphatic rings. The van der Waals surface area contributed by atoms with Gasteiger partial charge in [-0.2, -0.15) is 0 Å². The van der Waals surface area contributed by atoms with Crippen molar-refractivity contribution in [2.75, 3.05) is 13.1 Å². The lowest BCUT2D eigenvalue weighted by molar-refractivity contribution is -0.0322. The Labute approximate surface area is 204 Å². The molecule has 2 heteroatoms. The van der Waals surface area contributed by atoms with E-state index in [1.807, 2.05) is 5.57 Å². The van der Waals surface area contributed by atoms with E-state index >= 15 is 0 Å². The number of fused-ring (bicyclic) bond motifs is 5. The summed E-state index contributed by atoms with van der Waals surface area (Å²) < 4.78 is 0. The number of nitrogens with zero attached hydrogens (tertiary/aromatic N) is 1. The molecule has 33 heavy (non-hydrogen) atoms. The molecule has 1 heterocycles. The molecule has 0 aromatic rings. The van der Waals surface area contributed by atoms with Crippen molar-refractivity contribution < 1.29 is 0 Å². The van der Waals surface area contributed by atoms with Crippen LogP contribution in [0.25, 0.3) is 0 Å². The Morgan fingerprint density at radius 1 is 0.970 bits per heavy atom. The smallest absolute Gasteiger partial charge is 0.0403 e. The van der Waals surface area contributed by atoms with Crippen LogP contribution in [0, 0.1) is 52.3 Å². The number of hydrogen-bond acceptors (Lipinski definition) is 2. The first kappa shape index (κ1) is 24.1. The minimum Gasteiger partial charge on any atom is -0.314 e. The Morgan fingerprint density at radius 3 is 2.55 bits per heavy atom. The van der Waals surface area contributed by atoms with Crippen molar-refractivity contribution in [1.29, 1.82) is 0 Å². The van der Waals surface area contributed by atoms with Crippen LogP contribution < -0.4 is 5.32 Å². The van der Waals surface area contributed by atoms with Crippen LogP contribution >= 0.6 is 0 Å². The zero-order chi connectivity index (χ0) is 23.4. The van der Waals surface area contributed by atoms with Crippen LogP contribution in [0.2, 0.25) is 0 Å². The quantitative estimate of drug-likeness (QED) is 0.343. The van der Waals surface area contributed by atoms with Gasteiger partial charge in [-0.3, -0.25) is 4.99 Å². The predicted molar refractivity (Wildman–Crippen MR) is 142 cm³/mol. The van der Waals surface area contributed by atoms with Gasteiger partial charge in [-0.15, -0.1) is 0 Å². The van der Waals surface area contributed by atoms with E-state index in [4.69, 9.17) is 4.99 Å². The fourth-order valence-electron chi connectivity index (χ4n) is 9.94. The summed E-state index contributed by atoms with van der Waals surface area (Å²) in [6.45, 7) is 17.4. The van der Waals surface area contributed by atoms with Crippen LogP contribution in [-0.2, 0) is 0 Å². The zero-order valence-corrected chi connectivity index (χ0v) is 22.6. The van der Waals surface area contributed by atoms with Gasteiger partial charge in [0, 0.05) is 24.2 Å². The van der Waals surface area contributed by atoms with Crippen LogP contribution in [0.5, 0.6) is 0 Å². The lowest BCUT2D eigenvalue weighted by Crippen LogP contribution is -2.49. The normalized spacial score (nSPS) is 50.2. The summed E-state index contributed by atoms with van der Waals surface area (Å²) in [7, 11) is 0. The molecule has 5 rings (SSSR count). The summed E-state index contributed by atoms with van der Waals surface area (Å²) in [5.41, 5.74) is 4.31. The van der Waals surface area contributed by atoms with Crippen LogP contribution in [0.3, 0.4) is 0 Å². The van der Waals surface area contributed by atoms with Gasteiger partial charge in [0.1, 0.15) is 0 Å². The molecule has 1 aliphatic heterocycles. The van der Waals surface area contributed by atoms with Crippen LogP contribution in [0.15, 0.2) is 16.6 Å². The summed E-state index contributed by atoms with van der Waals surface area (Å²) in [4.78, 5) is 5.23. The molecule has 4 fully saturated rings. The van der Waals surface area contributed by atoms with Gasteiger partial charge in [0.25, 0.3) is 0 Å². The largest absolute Gasteiger partial charge is 0.314 e. The molecule has 186 valence electrons. The maximum Gasteiger partial charge on any atom is 0.0403 e. The van der Waals surface area contributed by atoms with Crippen molar-refractivity contribution in [3.05, 3.63) is 11.6 Å². The molecule has 0 radical (unpaired) electrons.